The molecular weight excluding hydrogens is 316 g/mol. The summed E-state index contributed by atoms with van der Waals surface area (Å²) in [5.74, 6) is -0.743. The van der Waals surface area contributed by atoms with Gasteiger partial charge in [0.1, 0.15) is 10.9 Å². The molecule has 0 aromatic heterocycles. The van der Waals surface area contributed by atoms with Crippen molar-refractivity contribution in [3.8, 4) is 0 Å². The molecule has 0 spiro atoms. The van der Waals surface area contributed by atoms with Crippen LogP contribution in [0.4, 0.5) is 0 Å². The van der Waals surface area contributed by atoms with Gasteiger partial charge in [-0.2, -0.15) is 0 Å². The Morgan fingerprint density at radius 2 is 1.63 bits per heavy atom. The molecule has 0 rings (SSSR count). The van der Waals surface area contributed by atoms with Gasteiger partial charge in [0, 0.05) is 7.11 Å². The summed E-state index contributed by atoms with van der Waals surface area (Å²) in [4.78, 5) is 23.7. The molecule has 0 aliphatic rings. The largest absolute Gasteiger partial charge is 0.466 e. The van der Waals surface area contributed by atoms with Crippen molar-refractivity contribution in [1.82, 2.24) is 0 Å². The quantitative estimate of drug-likeness (QED) is 0.386. The third kappa shape index (κ3) is 6.38. The summed E-state index contributed by atoms with van der Waals surface area (Å²) >= 11 is 3.33. The van der Waals surface area contributed by atoms with Crippen LogP contribution in [0.5, 0.6) is 0 Å². The summed E-state index contributed by atoms with van der Waals surface area (Å²) in [5.41, 5.74) is -0.769. The zero-order chi connectivity index (χ0) is 15.1. The standard InChI is InChI=1S/C13H23BrO5/c1-6-18-10(15)12(2,3)9-13(4,14)11(16)19-8-7-17-5/h6-9H2,1-5H3. The lowest BCUT2D eigenvalue weighted by Gasteiger charge is -2.30. The third-order valence-corrected chi connectivity index (χ3v) is 3.15. The molecule has 0 radical (unpaired) electrons. The SMILES string of the molecule is CCOC(=O)C(C)(C)CC(C)(Br)C(=O)OCCOC. The lowest BCUT2D eigenvalue weighted by atomic mass is 9.83. The minimum Gasteiger partial charge on any atom is -0.466 e. The molecule has 0 saturated heterocycles. The molecule has 0 aromatic rings. The maximum Gasteiger partial charge on any atom is 0.322 e. The zero-order valence-corrected chi connectivity index (χ0v) is 13.8. The third-order valence-electron chi connectivity index (χ3n) is 2.55. The van der Waals surface area contributed by atoms with Gasteiger partial charge < -0.3 is 14.2 Å². The number of ether oxygens (including phenoxy) is 3. The van der Waals surface area contributed by atoms with Crippen LogP contribution in [0.3, 0.4) is 0 Å². The minimum atomic E-state index is -0.934. The number of alkyl halides is 1. The van der Waals surface area contributed by atoms with Gasteiger partial charge in [0.25, 0.3) is 0 Å². The molecule has 0 aliphatic carbocycles. The van der Waals surface area contributed by atoms with Crippen molar-refractivity contribution in [3.05, 3.63) is 0 Å². The molecule has 1 atom stereocenters. The summed E-state index contributed by atoms with van der Waals surface area (Å²) in [5, 5.41) is 0. The lowest BCUT2D eigenvalue weighted by Crippen LogP contribution is -2.40. The molecule has 1 unspecified atom stereocenters. The number of hydrogen-bond acceptors (Lipinski definition) is 5. The minimum absolute atomic E-state index is 0.191. The van der Waals surface area contributed by atoms with Crippen LogP contribution in [0.1, 0.15) is 34.1 Å². The molecule has 6 heteroatoms. The van der Waals surface area contributed by atoms with E-state index < -0.39 is 15.7 Å². The Bertz CT molecular complexity index is 312. The van der Waals surface area contributed by atoms with Crippen LogP contribution in [0.2, 0.25) is 0 Å². The van der Waals surface area contributed by atoms with Gasteiger partial charge in [-0.1, -0.05) is 15.9 Å². The molecule has 0 aliphatic heterocycles. The van der Waals surface area contributed by atoms with Crippen LogP contribution < -0.4 is 0 Å². The second-order valence-electron chi connectivity index (χ2n) is 5.11. The summed E-state index contributed by atoms with van der Waals surface area (Å²) in [7, 11) is 1.53. The van der Waals surface area contributed by atoms with Crippen molar-refractivity contribution in [1.29, 1.82) is 0 Å². The van der Waals surface area contributed by atoms with Gasteiger partial charge >= 0.3 is 11.9 Å². The van der Waals surface area contributed by atoms with Crippen molar-refractivity contribution < 1.29 is 23.8 Å². The van der Waals surface area contributed by atoms with Crippen molar-refractivity contribution in [2.24, 2.45) is 5.41 Å². The van der Waals surface area contributed by atoms with E-state index in [-0.39, 0.29) is 19.0 Å². The Morgan fingerprint density at radius 3 is 2.11 bits per heavy atom. The first-order chi connectivity index (χ1) is 8.67. The summed E-state index contributed by atoms with van der Waals surface area (Å²) in [6.45, 7) is 7.77. The van der Waals surface area contributed by atoms with E-state index in [0.29, 0.717) is 13.2 Å². The van der Waals surface area contributed by atoms with Crippen molar-refractivity contribution in [2.75, 3.05) is 26.9 Å². The number of rotatable bonds is 8. The average Bonchev–Trinajstić information content (AvgIpc) is 2.28. The fraction of sp³-hybridized carbons (Fsp3) is 0.846. The maximum atomic E-state index is 11.9. The van der Waals surface area contributed by atoms with Crippen molar-refractivity contribution >= 4 is 27.9 Å². The Morgan fingerprint density at radius 1 is 1.05 bits per heavy atom. The number of carbonyl (C=O) groups excluding carboxylic acids is 2. The van der Waals surface area contributed by atoms with E-state index in [2.05, 4.69) is 15.9 Å². The molecule has 0 fully saturated rings. The summed E-state index contributed by atoms with van der Waals surface area (Å²) in [6.07, 6.45) is 0.282. The lowest BCUT2D eigenvalue weighted by molar-refractivity contribution is -0.156. The smallest absolute Gasteiger partial charge is 0.322 e. The van der Waals surface area contributed by atoms with Crippen molar-refractivity contribution in [2.45, 2.75) is 38.4 Å². The molecule has 112 valence electrons. The maximum absolute atomic E-state index is 11.9. The monoisotopic (exact) mass is 338 g/mol. The van der Waals surface area contributed by atoms with E-state index in [0.717, 1.165) is 0 Å². The summed E-state index contributed by atoms with van der Waals surface area (Å²) < 4.78 is 13.9. The normalized spacial score (nSPS) is 14.6. The molecular formula is C13H23BrO5. The fourth-order valence-corrected chi connectivity index (χ4v) is 2.48. The topological polar surface area (TPSA) is 61.8 Å². The average molecular weight is 339 g/mol. The number of hydrogen-bond donors (Lipinski definition) is 0. The van der Waals surface area contributed by atoms with Gasteiger partial charge in [-0.25, -0.2) is 0 Å². The second-order valence-corrected chi connectivity index (χ2v) is 6.86. The van der Waals surface area contributed by atoms with E-state index in [9.17, 15) is 9.59 Å². The fourth-order valence-electron chi connectivity index (χ4n) is 1.67. The van der Waals surface area contributed by atoms with Crippen LogP contribution in [0.15, 0.2) is 0 Å². The summed E-state index contributed by atoms with van der Waals surface area (Å²) in [6, 6.07) is 0. The molecule has 0 saturated carbocycles. The predicted octanol–water partition coefficient (Wildman–Crippen LogP) is 2.31. The first kappa shape index (κ1) is 18.4. The number of esters is 2. The number of halogens is 1. The van der Waals surface area contributed by atoms with E-state index in [1.807, 2.05) is 0 Å². The van der Waals surface area contributed by atoms with Gasteiger partial charge in [-0.15, -0.1) is 0 Å². The molecule has 19 heavy (non-hydrogen) atoms. The molecule has 0 aromatic carbocycles. The van der Waals surface area contributed by atoms with Crippen LogP contribution in [0, 0.1) is 5.41 Å². The predicted molar refractivity (Wildman–Crippen MR) is 75.2 cm³/mol. The first-order valence-corrected chi connectivity index (χ1v) is 6.99. The highest BCUT2D eigenvalue weighted by atomic mass is 79.9. The van der Waals surface area contributed by atoms with Crippen LogP contribution in [-0.4, -0.2) is 43.2 Å². The van der Waals surface area contributed by atoms with Crippen LogP contribution >= 0.6 is 15.9 Å². The Hall–Kier alpha value is -0.620. The highest BCUT2D eigenvalue weighted by molar-refractivity contribution is 9.10. The van der Waals surface area contributed by atoms with E-state index in [1.165, 1.54) is 7.11 Å². The Balaban J connectivity index is 4.56. The second kappa shape index (κ2) is 7.85. The highest BCUT2D eigenvalue weighted by Crippen LogP contribution is 2.35. The number of carbonyl (C=O) groups is 2. The van der Waals surface area contributed by atoms with Gasteiger partial charge in [-0.3, -0.25) is 9.59 Å². The Kier molecular flexibility index (Phi) is 7.59. The molecule has 0 heterocycles. The van der Waals surface area contributed by atoms with Crippen LogP contribution in [0.25, 0.3) is 0 Å². The molecule has 0 bridgehead atoms. The van der Waals surface area contributed by atoms with Crippen LogP contribution in [-0.2, 0) is 23.8 Å². The van der Waals surface area contributed by atoms with E-state index in [1.54, 1.807) is 27.7 Å². The van der Waals surface area contributed by atoms with Gasteiger partial charge in [0.15, 0.2) is 0 Å². The molecule has 0 amide bonds. The van der Waals surface area contributed by atoms with Gasteiger partial charge in [0.05, 0.1) is 18.6 Å². The van der Waals surface area contributed by atoms with Gasteiger partial charge in [-0.05, 0) is 34.1 Å². The van der Waals surface area contributed by atoms with E-state index in [4.69, 9.17) is 14.2 Å². The first-order valence-electron chi connectivity index (χ1n) is 6.19. The van der Waals surface area contributed by atoms with Gasteiger partial charge in [0.2, 0.25) is 0 Å². The highest BCUT2D eigenvalue weighted by Gasteiger charge is 2.42. The van der Waals surface area contributed by atoms with Crippen molar-refractivity contribution in [3.63, 3.8) is 0 Å². The number of methoxy groups -OCH3 is 1. The molecule has 5 nitrogen and oxygen atoms in total. The Labute approximate surface area is 123 Å². The molecule has 0 N–H and O–H groups in total. The van der Waals surface area contributed by atoms with E-state index >= 15 is 0 Å². The zero-order valence-electron chi connectivity index (χ0n) is 12.2.